The number of aldehydes is 1. The number of rotatable bonds is 15. The number of hydrogen-bond donors (Lipinski definition) is 0. The van der Waals surface area contributed by atoms with Crippen molar-refractivity contribution in [2.45, 2.75) is 78.1 Å². The van der Waals surface area contributed by atoms with Crippen LogP contribution in [0.3, 0.4) is 0 Å². The zero-order chi connectivity index (χ0) is 14.9. The van der Waals surface area contributed by atoms with Gasteiger partial charge in [-0.05, 0) is 25.3 Å². The Bertz CT molecular complexity index is 236. The van der Waals surface area contributed by atoms with Gasteiger partial charge in [0.25, 0.3) is 0 Å². The molecule has 0 radical (unpaired) electrons. The smallest absolute Gasteiger partial charge is 0.189 e. The highest BCUT2D eigenvalue weighted by Gasteiger charge is 1.96. The number of unbranched alkanes of at least 4 members (excludes halogenated alkanes) is 8. The molecule has 0 heterocycles. The van der Waals surface area contributed by atoms with E-state index < -0.39 is 0 Å². The number of ether oxygens (including phenoxy) is 2. The monoisotopic (exact) mass is 284 g/mol. The van der Waals surface area contributed by atoms with Crippen molar-refractivity contribution in [3.8, 4) is 0 Å². The van der Waals surface area contributed by atoms with E-state index in [0.29, 0.717) is 12.4 Å². The van der Waals surface area contributed by atoms with Gasteiger partial charge in [0.05, 0.1) is 6.61 Å². The number of carbonyl (C=O) groups is 1. The van der Waals surface area contributed by atoms with Crippen LogP contribution in [0.25, 0.3) is 0 Å². The predicted molar refractivity (Wildman–Crippen MR) is 83.6 cm³/mol. The summed E-state index contributed by atoms with van der Waals surface area (Å²) >= 11 is 0. The average molecular weight is 284 g/mol. The molecule has 0 aliphatic heterocycles. The lowest BCUT2D eigenvalue weighted by Gasteiger charge is -2.06. The summed E-state index contributed by atoms with van der Waals surface area (Å²) in [6.45, 7) is 5.30. The maximum Gasteiger partial charge on any atom is 0.189 e. The second kappa shape index (κ2) is 16.2. The highest BCUT2D eigenvalue weighted by Crippen LogP contribution is 2.06. The second-order valence-electron chi connectivity index (χ2n) is 5.16. The molecule has 0 atom stereocenters. The van der Waals surface area contributed by atoms with Crippen molar-refractivity contribution in [2.75, 3.05) is 13.4 Å². The lowest BCUT2D eigenvalue weighted by atomic mass is 10.1. The Kier molecular flexibility index (Phi) is 15.6. The minimum absolute atomic E-state index is 0.188. The fourth-order valence-electron chi connectivity index (χ4n) is 1.93. The van der Waals surface area contributed by atoms with E-state index in [1.165, 1.54) is 44.9 Å². The van der Waals surface area contributed by atoms with Crippen LogP contribution in [0.15, 0.2) is 11.8 Å². The topological polar surface area (TPSA) is 35.5 Å². The Morgan fingerprint density at radius 2 is 1.55 bits per heavy atom. The van der Waals surface area contributed by atoms with Crippen molar-refractivity contribution >= 4 is 6.29 Å². The van der Waals surface area contributed by atoms with E-state index in [-0.39, 0.29) is 6.79 Å². The molecule has 0 rings (SSSR count). The number of hydrogen-bond acceptors (Lipinski definition) is 3. The molecule has 0 aliphatic rings. The van der Waals surface area contributed by atoms with E-state index >= 15 is 0 Å². The molecule has 0 aliphatic carbocycles. The van der Waals surface area contributed by atoms with E-state index in [0.717, 1.165) is 25.5 Å². The zero-order valence-electron chi connectivity index (χ0n) is 13.4. The molecule has 0 amide bonds. The standard InChI is InChI=1S/C17H32O3/c1-3-5-7-9-11-13-17(15-18)20-16-19-14-12-10-8-6-4-2/h13,15H,3-12,14,16H2,1-2H3. The molecule has 0 fully saturated rings. The van der Waals surface area contributed by atoms with Gasteiger partial charge in [-0.25, -0.2) is 0 Å². The van der Waals surface area contributed by atoms with Crippen LogP contribution < -0.4 is 0 Å². The minimum atomic E-state index is 0.188. The van der Waals surface area contributed by atoms with E-state index in [1.807, 2.05) is 6.08 Å². The van der Waals surface area contributed by atoms with E-state index in [9.17, 15) is 4.79 Å². The summed E-state index contributed by atoms with van der Waals surface area (Å²) in [5.74, 6) is 0.410. The maximum atomic E-state index is 10.8. The van der Waals surface area contributed by atoms with Gasteiger partial charge in [-0.2, -0.15) is 0 Å². The van der Waals surface area contributed by atoms with E-state index in [2.05, 4.69) is 13.8 Å². The molecule has 20 heavy (non-hydrogen) atoms. The summed E-state index contributed by atoms with van der Waals surface area (Å²) in [6.07, 6.45) is 14.5. The first-order chi connectivity index (χ1) is 9.85. The first-order valence-corrected chi connectivity index (χ1v) is 8.21. The first kappa shape index (κ1) is 19.2. The molecule has 3 nitrogen and oxygen atoms in total. The molecule has 0 N–H and O–H groups in total. The summed E-state index contributed by atoms with van der Waals surface area (Å²) in [5, 5.41) is 0. The first-order valence-electron chi connectivity index (χ1n) is 8.21. The molecule has 3 heteroatoms. The van der Waals surface area contributed by atoms with E-state index in [1.54, 1.807) is 0 Å². The average Bonchev–Trinajstić information content (AvgIpc) is 2.47. The van der Waals surface area contributed by atoms with E-state index in [4.69, 9.17) is 9.47 Å². The molecular formula is C17H32O3. The predicted octanol–water partition coefficient (Wildman–Crippen LogP) is 5.00. The fourth-order valence-corrected chi connectivity index (χ4v) is 1.93. The Morgan fingerprint density at radius 1 is 0.900 bits per heavy atom. The highest BCUT2D eigenvalue weighted by atomic mass is 16.7. The Morgan fingerprint density at radius 3 is 2.20 bits per heavy atom. The molecule has 0 bridgehead atoms. The molecule has 0 aromatic carbocycles. The van der Waals surface area contributed by atoms with Crippen molar-refractivity contribution < 1.29 is 14.3 Å². The summed E-state index contributed by atoms with van der Waals surface area (Å²) in [6, 6.07) is 0. The summed E-state index contributed by atoms with van der Waals surface area (Å²) in [7, 11) is 0. The lowest BCUT2D eigenvalue weighted by molar-refractivity contribution is -0.111. The quantitative estimate of drug-likeness (QED) is 0.139. The van der Waals surface area contributed by atoms with Crippen LogP contribution in [0.2, 0.25) is 0 Å². The largest absolute Gasteiger partial charge is 0.464 e. The molecule has 0 saturated heterocycles. The van der Waals surface area contributed by atoms with Crippen molar-refractivity contribution in [3.05, 3.63) is 11.8 Å². The van der Waals surface area contributed by atoms with Gasteiger partial charge in [-0.15, -0.1) is 0 Å². The molecule has 0 aromatic heterocycles. The van der Waals surface area contributed by atoms with Crippen LogP contribution in [-0.2, 0) is 14.3 Å². The van der Waals surface area contributed by atoms with Crippen molar-refractivity contribution in [1.82, 2.24) is 0 Å². The van der Waals surface area contributed by atoms with Crippen LogP contribution in [0.4, 0.5) is 0 Å². The Hall–Kier alpha value is -0.830. The molecule has 0 saturated carbocycles. The van der Waals surface area contributed by atoms with Crippen LogP contribution in [0.5, 0.6) is 0 Å². The molecule has 0 spiro atoms. The summed E-state index contributed by atoms with van der Waals surface area (Å²) in [5.41, 5.74) is 0. The van der Waals surface area contributed by atoms with Crippen LogP contribution in [0, 0.1) is 0 Å². The van der Waals surface area contributed by atoms with Gasteiger partial charge in [0.1, 0.15) is 0 Å². The highest BCUT2D eigenvalue weighted by molar-refractivity contribution is 5.69. The van der Waals surface area contributed by atoms with Crippen molar-refractivity contribution in [3.63, 3.8) is 0 Å². The van der Waals surface area contributed by atoms with Gasteiger partial charge in [-0.1, -0.05) is 58.8 Å². The second-order valence-corrected chi connectivity index (χ2v) is 5.16. The Labute approximate surface area is 124 Å². The van der Waals surface area contributed by atoms with Crippen LogP contribution in [0.1, 0.15) is 78.1 Å². The van der Waals surface area contributed by atoms with Crippen LogP contribution >= 0.6 is 0 Å². The number of carbonyl (C=O) groups excluding carboxylic acids is 1. The summed E-state index contributed by atoms with van der Waals surface area (Å²) < 4.78 is 10.7. The molecular weight excluding hydrogens is 252 g/mol. The molecule has 0 aromatic rings. The van der Waals surface area contributed by atoms with Gasteiger partial charge < -0.3 is 9.47 Å². The lowest BCUT2D eigenvalue weighted by Crippen LogP contribution is -2.02. The fraction of sp³-hybridized carbons (Fsp3) is 0.824. The number of allylic oxidation sites excluding steroid dienone is 2. The molecule has 118 valence electrons. The Balaban J connectivity index is 3.44. The van der Waals surface area contributed by atoms with Gasteiger partial charge >= 0.3 is 0 Å². The third-order valence-electron chi connectivity index (χ3n) is 3.22. The normalized spacial score (nSPS) is 11.6. The summed E-state index contributed by atoms with van der Waals surface area (Å²) in [4.78, 5) is 10.8. The zero-order valence-corrected chi connectivity index (χ0v) is 13.4. The maximum absolute atomic E-state index is 10.8. The molecule has 0 unspecified atom stereocenters. The van der Waals surface area contributed by atoms with Crippen LogP contribution in [-0.4, -0.2) is 19.7 Å². The van der Waals surface area contributed by atoms with Gasteiger partial charge in [0, 0.05) is 0 Å². The SMILES string of the molecule is CCCCCCC=C(C=O)OCOCCCCCCC. The van der Waals surface area contributed by atoms with Crippen molar-refractivity contribution in [2.24, 2.45) is 0 Å². The third kappa shape index (κ3) is 13.6. The van der Waals surface area contributed by atoms with Gasteiger partial charge in [0.15, 0.2) is 18.8 Å². The third-order valence-corrected chi connectivity index (χ3v) is 3.22. The van der Waals surface area contributed by atoms with Crippen molar-refractivity contribution in [1.29, 1.82) is 0 Å². The van der Waals surface area contributed by atoms with Gasteiger partial charge in [0.2, 0.25) is 0 Å². The van der Waals surface area contributed by atoms with Gasteiger partial charge in [-0.3, -0.25) is 4.79 Å². The minimum Gasteiger partial charge on any atom is -0.464 e.